The molecule has 7 heteroatoms. The molecular weight excluding hydrogens is 319 g/mol. The second-order valence-corrected chi connectivity index (χ2v) is 6.18. The van der Waals surface area contributed by atoms with E-state index in [0.29, 0.717) is 23.4 Å². The van der Waals surface area contributed by atoms with E-state index in [1.807, 2.05) is 0 Å². The van der Waals surface area contributed by atoms with Crippen molar-refractivity contribution >= 4 is 23.2 Å². The van der Waals surface area contributed by atoms with Crippen LogP contribution in [0.1, 0.15) is 39.3 Å². The molecule has 2 N–H and O–H groups in total. The van der Waals surface area contributed by atoms with Gasteiger partial charge >= 0.3 is 5.97 Å². The minimum absolute atomic E-state index is 0.302. The van der Waals surface area contributed by atoms with Gasteiger partial charge in [-0.25, -0.2) is 14.2 Å². The van der Waals surface area contributed by atoms with E-state index in [9.17, 15) is 14.0 Å². The van der Waals surface area contributed by atoms with Crippen molar-refractivity contribution in [1.29, 1.82) is 0 Å². The number of carbonyl (C=O) groups excluding carboxylic acids is 1. The molecule has 23 heavy (non-hydrogen) atoms. The maximum atomic E-state index is 12.9. The van der Waals surface area contributed by atoms with E-state index in [2.05, 4.69) is 10.3 Å². The molecule has 0 saturated heterocycles. The molecule has 1 amide bonds. The zero-order chi connectivity index (χ0) is 17.0. The number of hydrogen-bond acceptors (Lipinski definition) is 4. The van der Waals surface area contributed by atoms with Crippen molar-refractivity contribution in [2.24, 2.45) is 0 Å². The van der Waals surface area contributed by atoms with E-state index >= 15 is 0 Å². The van der Waals surface area contributed by atoms with Gasteiger partial charge in [0.1, 0.15) is 16.7 Å². The largest absolute Gasteiger partial charge is 0.480 e. The summed E-state index contributed by atoms with van der Waals surface area (Å²) in [6.45, 7) is 3.40. The third-order valence-corrected chi connectivity index (χ3v) is 4.48. The molecule has 1 aromatic heterocycles. The zero-order valence-corrected chi connectivity index (χ0v) is 13.6. The number of thiazole rings is 1. The van der Waals surface area contributed by atoms with Crippen molar-refractivity contribution < 1.29 is 19.1 Å². The van der Waals surface area contributed by atoms with Gasteiger partial charge in [0.2, 0.25) is 0 Å². The summed E-state index contributed by atoms with van der Waals surface area (Å²) in [5.41, 5.74) is 1.45. The van der Waals surface area contributed by atoms with Gasteiger partial charge in [-0.15, -0.1) is 11.3 Å². The number of aliphatic carboxylic acids is 1. The Labute approximate surface area is 137 Å². The second kappa shape index (κ2) is 7.32. The third kappa shape index (κ3) is 4.35. The average Bonchev–Trinajstić information content (AvgIpc) is 2.87. The Balaban J connectivity index is 2.12. The fraction of sp³-hybridized carbons (Fsp3) is 0.312. The van der Waals surface area contributed by atoms with E-state index < -0.39 is 17.9 Å². The number of nitrogens with one attached hydrogen (secondary N) is 1. The minimum Gasteiger partial charge on any atom is -0.480 e. The number of carbonyl (C=O) groups is 2. The van der Waals surface area contributed by atoms with Crippen molar-refractivity contribution in [3.05, 3.63) is 51.2 Å². The number of hydrogen-bond donors (Lipinski definition) is 2. The second-order valence-electron chi connectivity index (χ2n) is 5.10. The fourth-order valence-electron chi connectivity index (χ4n) is 2.08. The van der Waals surface area contributed by atoms with E-state index in [1.54, 1.807) is 26.0 Å². The molecule has 0 aliphatic rings. The molecule has 1 atom stereocenters. The van der Waals surface area contributed by atoms with Crippen molar-refractivity contribution in [1.82, 2.24) is 10.3 Å². The van der Waals surface area contributed by atoms with Crippen LogP contribution in [0.25, 0.3) is 0 Å². The zero-order valence-electron chi connectivity index (χ0n) is 12.8. The molecule has 2 rings (SSSR count). The summed E-state index contributed by atoms with van der Waals surface area (Å²) in [5, 5.41) is 12.2. The first-order valence-electron chi connectivity index (χ1n) is 7.15. The quantitative estimate of drug-likeness (QED) is 0.850. The highest BCUT2D eigenvalue weighted by Gasteiger charge is 2.22. The molecular formula is C16H17FN2O3S. The summed E-state index contributed by atoms with van der Waals surface area (Å²) in [4.78, 5) is 27.9. The predicted molar refractivity (Wildman–Crippen MR) is 85.2 cm³/mol. The molecule has 1 aromatic carbocycles. The SMILES string of the molecule is CCC(NC(=O)c1sc(Cc2ccc(F)cc2)nc1C)C(=O)O. The van der Waals surface area contributed by atoms with Crippen LogP contribution in [0.2, 0.25) is 0 Å². The molecule has 1 unspecified atom stereocenters. The van der Waals surface area contributed by atoms with Crippen LogP contribution >= 0.6 is 11.3 Å². The molecule has 0 spiro atoms. The molecule has 0 bridgehead atoms. The first-order valence-corrected chi connectivity index (χ1v) is 7.96. The Kier molecular flexibility index (Phi) is 5.44. The highest BCUT2D eigenvalue weighted by atomic mass is 32.1. The number of amides is 1. The Hall–Kier alpha value is -2.28. The lowest BCUT2D eigenvalue weighted by Crippen LogP contribution is -2.40. The van der Waals surface area contributed by atoms with Crippen molar-refractivity contribution in [2.45, 2.75) is 32.7 Å². The van der Waals surface area contributed by atoms with Crippen LogP contribution in [-0.4, -0.2) is 28.0 Å². The van der Waals surface area contributed by atoms with Gasteiger partial charge in [-0.1, -0.05) is 19.1 Å². The highest BCUT2D eigenvalue weighted by Crippen LogP contribution is 2.21. The number of rotatable bonds is 6. The smallest absolute Gasteiger partial charge is 0.326 e. The Morgan fingerprint density at radius 2 is 2.00 bits per heavy atom. The van der Waals surface area contributed by atoms with Gasteiger partial charge in [-0.05, 0) is 31.0 Å². The number of benzene rings is 1. The standard InChI is InChI=1S/C16H17FN2O3S/c1-3-12(16(21)22)19-15(20)14-9(2)18-13(23-14)8-10-4-6-11(17)7-5-10/h4-7,12H,3,8H2,1-2H3,(H,19,20)(H,21,22). The molecule has 0 aliphatic heterocycles. The number of aryl methyl sites for hydroxylation is 1. The Morgan fingerprint density at radius 1 is 1.35 bits per heavy atom. The van der Waals surface area contributed by atoms with Crippen molar-refractivity contribution in [3.63, 3.8) is 0 Å². The molecule has 0 saturated carbocycles. The predicted octanol–water partition coefficient (Wildman–Crippen LogP) is 2.77. The number of carboxylic acid groups (broad SMARTS) is 1. The van der Waals surface area contributed by atoms with Crippen molar-refractivity contribution in [2.75, 3.05) is 0 Å². The van der Waals surface area contributed by atoms with Gasteiger partial charge in [0.25, 0.3) is 5.91 Å². The van der Waals surface area contributed by atoms with Crippen LogP contribution in [0.4, 0.5) is 4.39 Å². The van der Waals surface area contributed by atoms with Crippen LogP contribution in [-0.2, 0) is 11.2 Å². The molecule has 0 radical (unpaired) electrons. The lowest BCUT2D eigenvalue weighted by Gasteiger charge is -2.11. The van der Waals surface area contributed by atoms with E-state index in [4.69, 9.17) is 5.11 Å². The topological polar surface area (TPSA) is 79.3 Å². The van der Waals surface area contributed by atoms with Crippen LogP contribution in [0.3, 0.4) is 0 Å². The molecule has 0 fully saturated rings. The first kappa shape index (κ1) is 17.1. The summed E-state index contributed by atoms with van der Waals surface area (Å²) in [6.07, 6.45) is 0.802. The normalized spacial score (nSPS) is 12.0. The maximum absolute atomic E-state index is 12.9. The van der Waals surface area contributed by atoms with Gasteiger partial charge < -0.3 is 10.4 Å². The first-order chi connectivity index (χ1) is 10.9. The minimum atomic E-state index is -1.06. The molecule has 5 nitrogen and oxygen atoms in total. The fourth-order valence-corrected chi connectivity index (χ4v) is 3.08. The molecule has 1 heterocycles. The summed E-state index contributed by atoms with van der Waals surface area (Å²) in [7, 11) is 0. The van der Waals surface area contributed by atoms with Gasteiger partial charge in [0.05, 0.1) is 10.7 Å². The van der Waals surface area contributed by atoms with Gasteiger partial charge in [0, 0.05) is 6.42 Å². The monoisotopic (exact) mass is 336 g/mol. The summed E-state index contributed by atoms with van der Waals surface area (Å²) in [5.74, 6) is -1.79. The lowest BCUT2D eigenvalue weighted by molar-refractivity contribution is -0.139. The van der Waals surface area contributed by atoms with E-state index in [0.717, 1.165) is 10.6 Å². The van der Waals surface area contributed by atoms with Crippen LogP contribution in [0.15, 0.2) is 24.3 Å². The lowest BCUT2D eigenvalue weighted by atomic mass is 10.1. The maximum Gasteiger partial charge on any atom is 0.326 e. The summed E-state index contributed by atoms with van der Waals surface area (Å²) < 4.78 is 12.9. The third-order valence-electron chi connectivity index (χ3n) is 3.33. The highest BCUT2D eigenvalue weighted by molar-refractivity contribution is 7.13. The van der Waals surface area contributed by atoms with Crippen molar-refractivity contribution in [3.8, 4) is 0 Å². The molecule has 122 valence electrons. The molecule has 2 aromatic rings. The number of carboxylic acids is 1. The van der Waals surface area contributed by atoms with Crippen LogP contribution < -0.4 is 5.32 Å². The van der Waals surface area contributed by atoms with Crippen LogP contribution in [0, 0.1) is 12.7 Å². The number of halogens is 1. The number of aromatic nitrogens is 1. The Bertz CT molecular complexity index is 713. The average molecular weight is 336 g/mol. The van der Waals surface area contributed by atoms with Gasteiger partial charge in [-0.3, -0.25) is 4.79 Å². The summed E-state index contributed by atoms with van der Waals surface area (Å²) in [6, 6.07) is 5.18. The molecule has 0 aliphatic carbocycles. The van der Waals surface area contributed by atoms with Gasteiger partial charge in [-0.2, -0.15) is 0 Å². The van der Waals surface area contributed by atoms with Crippen LogP contribution in [0.5, 0.6) is 0 Å². The van der Waals surface area contributed by atoms with Gasteiger partial charge in [0.15, 0.2) is 0 Å². The Morgan fingerprint density at radius 3 is 2.57 bits per heavy atom. The number of nitrogens with zero attached hydrogens (tertiary/aromatic N) is 1. The summed E-state index contributed by atoms with van der Waals surface area (Å²) >= 11 is 1.22. The van der Waals surface area contributed by atoms with E-state index in [-0.39, 0.29) is 5.82 Å². The van der Waals surface area contributed by atoms with E-state index in [1.165, 1.54) is 23.5 Å².